The van der Waals surface area contributed by atoms with E-state index >= 15 is 0 Å². The van der Waals surface area contributed by atoms with Crippen LogP contribution in [0, 0.1) is 5.92 Å². The van der Waals surface area contributed by atoms with Gasteiger partial charge in [0.2, 0.25) is 5.78 Å². The number of methoxy groups -OCH3 is 1. The fourth-order valence-corrected chi connectivity index (χ4v) is 5.71. The molecule has 4 heteroatoms. The number of para-hydroxylation sites is 1. The molecule has 2 unspecified atom stereocenters. The van der Waals surface area contributed by atoms with Crippen molar-refractivity contribution in [2.45, 2.75) is 45.1 Å². The molecule has 2 aliphatic carbocycles. The minimum absolute atomic E-state index is 0.0878. The van der Waals surface area contributed by atoms with Crippen LogP contribution in [0.3, 0.4) is 0 Å². The number of ether oxygens (including phenoxy) is 1. The van der Waals surface area contributed by atoms with E-state index in [-0.39, 0.29) is 23.2 Å². The normalized spacial score (nSPS) is 28.3. The van der Waals surface area contributed by atoms with Gasteiger partial charge in [0.25, 0.3) is 0 Å². The number of unbranched alkanes of at least 4 members (excludes halogenated alkanes) is 1. The predicted molar refractivity (Wildman–Crippen MR) is 134 cm³/mol. The molecule has 0 bridgehead atoms. The highest BCUT2D eigenvalue weighted by Crippen LogP contribution is 2.49. The second kappa shape index (κ2) is 8.02. The molecule has 170 valence electrons. The van der Waals surface area contributed by atoms with Crippen LogP contribution in [-0.2, 0) is 14.9 Å². The summed E-state index contributed by atoms with van der Waals surface area (Å²) in [4.78, 5) is 16.0. The zero-order chi connectivity index (χ0) is 23.3. The lowest BCUT2D eigenvalue weighted by Gasteiger charge is -2.30. The van der Waals surface area contributed by atoms with Crippen LogP contribution in [0.4, 0.5) is 5.69 Å². The van der Waals surface area contributed by atoms with Crippen LogP contribution < -0.4 is 4.90 Å². The van der Waals surface area contributed by atoms with E-state index in [4.69, 9.17) is 4.74 Å². The standard InChI is InChI=1S/C29H33N2O2/c1-6-7-16-31-24-15-11-9-13-22(24)29(2,3)25(31)17-20-27(32)26(28(20)33-5)21-18-30(4)23-14-10-8-12-19(21)23/h8-15,17-19,23H,6-7,16H2,1-5H3/q+1. The summed E-state index contributed by atoms with van der Waals surface area (Å²) in [7, 11) is 3.75. The minimum atomic E-state index is -0.180. The van der Waals surface area contributed by atoms with Gasteiger partial charge in [0, 0.05) is 28.9 Å². The number of fused-ring (bicyclic) bond motifs is 2. The van der Waals surface area contributed by atoms with Crippen LogP contribution in [0.25, 0.3) is 0 Å². The lowest BCUT2D eigenvalue weighted by atomic mass is 9.77. The first-order valence-corrected chi connectivity index (χ1v) is 12.0. The summed E-state index contributed by atoms with van der Waals surface area (Å²) in [5, 5.41) is 0. The van der Waals surface area contributed by atoms with Crippen molar-refractivity contribution in [3.05, 3.63) is 88.4 Å². The highest BCUT2D eigenvalue weighted by Gasteiger charge is 2.46. The van der Waals surface area contributed by atoms with Crippen molar-refractivity contribution in [3.8, 4) is 0 Å². The molecule has 0 radical (unpaired) electrons. The summed E-state index contributed by atoms with van der Waals surface area (Å²) in [6.45, 7) is 7.67. The average Bonchev–Trinajstić information content (AvgIpc) is 3.25. The number of nitrogens with zero attached hydrogens (tertiary/aromatic N) is 2. The lowest BCUT2D eigenvalue weighted by molar-refractivity contribution is -0.517. The summed E-state index contributed by atoms with van der Waals surface area (Å²) in [5.74, 6) is 0.995. The van der Waals surface area contributed by atoms with E-state index in [1.807, 2.05) is 0 Å². The number of benzene rings is 1. The molecule has 0 saturated heterocycles. The maximum Gasteiger partial charge on any atom is 0.201 e. The Kier molecular flexibility index (Phi) is 5.27. The zero-order valence-electron chi connectivity index (χ0n) is 20.3. The van der Waals surface area contributed by atoms with Crippen molar-refractivity contribution in [1.29, 1.82) is 0 Å². The second-order valence-corrected chi connectivity index (χ2v) is 9.86. The largest absolute Gasteiger partial charge is 0.495 e. The van der Waals surface area contributed by atoms with Crippen LogP contribution in [-0.4, -0.2) is 43.3 Å². The second-order valence-electron chi connectivity index (χ2n) is 9.86. The molecule has 5 rings (SSSR count). The Morgan fingerprint density at radius 1 is 1.18 bits per heavy atom. The highest BCUT2D eigenvalue weighted by molar-refractivity contribution is 6.23. The van der Waals surface area contributed by atoms with Gasteiger partial charge in [0.05, 0.1) is 24.2 Å². The Labute approximate surface area is 196 Å². The van der Waals surface area contributed by atoms with Crippen molar-refractivity contribution in [2.24, 2.45) is 5.92 Å². The molecule has 4 nitrogen and oxygen atoms in total. The Bertz CT molecular complexity index is 1210. The van der Waals surface area contributed by atoms with Crippen LogP contribution in [0.2, 0.25) is 0 Å². The van der Waals surface area contributed by atoms with Gasteiger partial charge in [-0.15, -0.1) is 0 Å². The maximum atomic E-state index is 13.6. The SMILES string of the molecule is CCCCN1/C(=C/C2=C(OC)C(=C3\C=[N+](C)C4C=CC=CC34)/C2=O)C(C)(C)c2ccccc21. The molecule has 33 heavy (non-hydrogen) atoms. The summed E-state index contributed by atoms with van der Waals surface area (Å²) < 4.78 is 8.03. The monoisotopic (exact) mass is 441 g/mol. The highest BCUT2D eigenvalue weighted by atomic mass is 16.5. The van der Waals surface area contributed by atoms with Crippen molar-refractivity contribution in [1.82, 2.24) is 0 Å². The summed E-state index contributed by atoms with van der Waals surface area (Å²) >= 11 is 0. The van der Waals surface area contributed by atoms with Crippen molar-refractivity contribution in [3.63, 3.8) is 0 Å². The van der Waals surface area contributed by atoms with E-state index in [0.29, 0.717) is 5.57 Å². The molecule has 1 aromatic carbocycles. The lowest BCUT2D eigenvalue weighted by Crippen LogP contribution is -2.31. The number of rotatable bonds is 5. The number of hydrogen-bond acceptors (Lipinski definition) is 3. The van der Waals surface area contributed by atoms with Crippen LogP contribution in [0.15, 0.2) is 82.8 Å². The van der Waals surface area contributed by atoms with E-state index < -0.39 is 0 Å². The Hall–Kier alpha value is -3.14. The molecule has 4 aliphatic rings. The third-order valence-electron chi connectivity index (χ3n) is 7.53. The Morgan fingerprint density at radius 3 is 2.70 bits per heavy atom. The molecule has 0 spiro atoms. The quantitative estimate of drug-likeness (QED) is 0.472. The van der Waals surface area contributed by atoms with Crippen LogP contribution in [0.1, 0.15) is 39.2 Å². The number of anilines is 1. The first kappa shape index (κ1) is 21.7. The van der Waals surface area contributed by atoms with Crippen LogP contribution >= 0.6 is 0 Å². The number of Topliss-reactive ketones (excluding diaryl/α,β-unsaturated/α-hetero) is 1. The van der Waals surface area contributed by atoms with Gasteiger partial charge in [-0.2, -0.15) is 0 Å². The molecular formula is C29H33N2O2+. The van der Waals surface area contributed by atoms with Gasteiger partial charge in [0.1, 0.15) is 12.8 Å². The molecule has 2 atom stereocenters. The maximum absolute atomic E-state index is 13.6. The first-order valence-electron chi connectivity index (χ1n) is 12.0. The summed E-state index contributed by atoms with van der Waals surface area (Å²) in [5.41, 5.74) is 6.03. The predicted octanol–water partition coefficient (Wildman–Crippen LogP) is 5.09. The molecular weight excluding hydrogens is 408 g/mol. The third-order valence-corrected chi connectivity index (χ3v) is 7.53. The number of hydrogen-bond donors (Lipinski definition) is 0. The van der Waals surface area contributed by atoms with Crippen LogP contribution in [0.5, 0.6) is 0 Å². The van der Waals surface area contributed by atoms with E-state index in [1.165, 1.54) is 16.9 Å². The Balaban J connectivity index is 1.61. The third kappa shape index (κ3) is 3.18. The first-order chi connectivity index (χ1) is 15.9. The van der Waals surface area contributed by atoms with E-state index in [2.05, 4.69) is 98.2 Å². The molecule has 2 aliphatic heterocycles. The zero-order valence-corrected chi connectivity index (χ0v) is 20.3. The molecule has 0 aromatic heterocycles. The smallest absolute Gasteiger partial charge is 0.201 e. The van der Waals surface area contributed by atoms with E-state index in [1.54, 1.807) is 7.11 Å². The molecule has 1 aromatic rings. The van der Waals surface area contributed by atoms with E-state index in [9.17, 15) is 4.79 Å². The van der Waals surface area contributed by atoms with Gasteiger partial charge in [-0.05, 0) is 30.2 Å². The van der Waals surface area contributed by atoms with Gasteiger partial charge < -0.3 is 9.64 Å². The van der Waals surface area contributed by atoms with Gasteiger partial charge in [-0.25, -0.2) is 4.58 Å². The number of ketones is 1. The molecule has 0 N–H and O–H groups in total. The van der Waals surface area contributed by atoms with Crippen molar-refractivity contribution in [2.75, 3.05) is 25.6 Å². The van der Waals surface area contributed by atoms with E-state index in [0.717, 1.165) is 36.3 Å². The average molecular weight is 442 g/mol. The summed E-state index contributed by atoms with van der Waals surface area (Å²) in [6.07, 6.45) is 15.0. The number of allylic oxidation sites excluding steroid dienone is 6. The van der Waals surface area contributed by atoms with Gasteiger partial charge in [0.15, 0.2) is 12.3 Å². The molecule has 0 amide bonds. The topological polar surface area (TPSA) is 32.5 Å². The fourth-order valence-electron chi connectivity index (χ4n) is 5.71. The fraction of sp³-hybridized carbons (Fsp3) is 0.379. The molecule has 2 heterocycles. The van der Waals surface area contributed by atoms with Crippen molar-refractivity contribution >= 4 is 17.7 Å². The van der Waals surface area contributed by atoms with Crippen molar-refractivity contribution < 1.29 is 14.1 Å². The Morgan fingerprint density at radius 2 is 1.94 bits per heavy atom. The van der Waals surface area contributed by atoms with Gasteiger partial charge in [-0.1, -0.05) is 63.6 Å². The molecule has 0 saturated carbocycles. The number of likely N-dealkylation sites (N-methyl/N-ethyl adjacent to an activating group) is 1. The number of carbonyl (C=O) groups excluding carboxylic acids is 1. The number of carbonyl (C=O) groups is 1. The summed E-state index contributed by atoms with van der Waals surface area (Å²) in [6, 6.07) is 8.87. The minimum Gasteiger partial charge on any atom is -0.495 e. The van der Waals surface area contributed by atoms with Gasteiger partial charge >= 0.3 is 0 Å². The molecule has 0 fully saturated rings. The van der Waals surface area contributed by atoms with Gasteiger partial charge in [-0.3, -0.25) is 4.79 Å².